The number of nitrogens with two attached hydrogens (primary N) is 2. The third-order valence-corrected chi connectivity index (χ3v) is 3.51. The number of aromatic nitrogens is 2. The van der Waals surface area contributed by atoms with Gasteiger partial charge in [0.15, 0.2) is 0 Å². The normalized spacial score (nSPS) is 11.1. The highest BCUT2D eigenvalue weighted by Crippen LogP contribution is 2.19. The summed E-state index contributed by atoms with van der Waals surface area (Å²) in [6.45, 7) is 0. The summed E-state index contributed by atoms with van der Waals surface area (Å²) in [4.78, 5) is 7.48. The first-order valence-electron chi connectivity index (χ1n) is 4.94. The molecule has 0 radical (unpaired) electrons. The minimum Gasteiger partial charge on any atom is -0.398 e. The molecule has 1 aromatic carbocycles. The van der Waals surface area contributed by atoms with Gasteiger partial charge in [0.25, 0.3) is 10.0 Å². The quantitative estimate of drug-likeness (QED) is 0.692. The van der Waals surface area contributed by atoms with E-state index in [9.17, 15) is 8.42 Å². The van der Waals surface area contributed by atoms with Crippen LogP contribution in [0.25, 0.3) is 0 Å². The third-order valence-electron chi connectivity index (χ3n) is 2.11. The maximum Gasteiger partial charge on any atom is 0.266 e. The molecule has 2 rings (SSSR count). The van der Waals surface area contributed by atoms with Gasteiger partial charge in [-0.3, -0.25) is 0 Å². The number of anilines is 3. The fourth-order valence-corrected chi connectivity index (χ4v) is 2.38. The lowest BCUT2D eigenvalue weighted by atomic mass is 10.3. The van der Waals surface area contributed by atoms with Gasteiger partial charge in [0.05, 0.1) is 23.8 Å². The van der Waals surface area contributed by atoms with Gasteiger partial charge in [0.2, 0.25) is 5.95 Å². The molecule has 0 atom stereocenters. The molecule has 0 aliphatic heterocycles. The lowest BCUT2D eigenvalue weighted by Gasteiger charge is -2.08. The van der Waals surface area contributed by atoms with Gasteiger partial charge in [0, 0.05) is 0 Å². The second kappa shape index (κ2) is 4.49. The summed E-state index contributed by atoms with van der Waals surface area (Å²) >= 11 is 0. The van der Waals surface area contributed by atoms with Crippen LogP contribution in [0.4, 0.5) is 17.3 Å². The van der Waals surface area contributed by atoms with E-state index in [0.29, 0.717) is 5.69 Å². The van der Waals surface area contributed by atoms with Crippen molar-refractivity contribution in [3.05, 3.63) is 36.7 Å². The minimum absolute atomic E-state index is 0.0228. The average Bonchev–Trinajstić information content (AvgIpc) is 2.32. The predicted octanol–water partition coefficient (Wildman–Crippen LogP) is 0.442. The molecule has 0 fully saturated rings. The van der Waals surface area contributed by atoms with Gasteiger partial charge in [-0.15, -0.1) is 0 Å². The van der Waals surface area contributed by atoms with Crippen LogP contribution < -0.4 is 16.2 Å². The number of benzene rings is 1. The molecular weight excluding hydrogens is 254 g/mol. The monoisotopic (exact) mass is 265 g/mol. The Bertz CT molecular complexity index is 654. The molecule has 2 aromatic rings. The van der Waals surface area contributed by atoms with Gasteiger partial charge in [-0.1, -0.05) is 12.1 Å². The second-order valence-corrected chi connectivity index (χ2v) is 5.13. The fraction of sp³-hybridized carbons (Fsp3) is 0. The average molecular weight is 265 g/mol. The molecule has 1 aromatic heterocycles. The van der Waals surface area contributed by atoms with Gasteiger partial charge < -0.3 is 11.5 Å². The van der Waals surface area contributed by atoms with E-state index >= 15 is 0 Å². The Hall–Kier alpha value is -2.35. The van der Waals surface area contributed by atoms with E-state index in [4.69, 9.17) is 11.5 Å². The summed E-state index contributed by atoms with van der Waals surface area (Å²) in [6.07, 6.45) is 2.61. The first-order chi connectivity index (χ1) is 8.49. The van der Waals surface area contributed by atoms with E-state index in [1.165, 1.54) is 24.5 Å². The first kappa shape index (κ1) is 12.1. The van der Waals surface area contributed by atoms with Crippen molar-refractivity contribution in [2.45, 2.75) is 4.90 Å². The highest BCUT2D eigenvalue weighted by Gasteiger charge is 2.17. The van der Waals surface area contributed by atoms with Gasteiger partial charge in [-0.25, -0.2) is 23.1 Å². The molecule has 5 N–H and O–H groups in total. The van der Waals surface area contributed by atoms with E-state index < -0.39 is 10.0 Å². The van der Waals surface area contributed by atoms with Crippen molar-refractivity contribution in [2.24, 2.45) is 0 Å². The van der Waals surface area contributed by atoms with Crippen molar-refractivity contribution >= 4 is 27.3 Å². The Labute approximate surface area is 104 Å². The summed E-state index contributed by atoms with van der Waals surface area (Å²) in [5, 5.41) is 0. The molecule has 7 nitrogen and oxygen atoms in total. The molecule has 1 heterocycles. The summed E-state index contributed by atoms with van der Waals surface area (Å²) in [7, 11) is -3.80. The Morgan fingerprint density at radius 2 is 1.67 bits per heavy atom. The number of hydrogen-bond acceptors (Lipinski definition) is 6. The van der Waals surface area contributed by atoms with Gasteiger partial charge in [0.1, 0.15) is 4.90 Å². The number of nitrogen functional groups attached to an aromatic ring is 2. The Morgan fingerprint density at radius 3 is 2.28 bits per heavy atom. The number of nitrogens with one attached hydrogen (secondary N) is 1. The Balaban J connectivity index is 2.33. The van der Waals surface area contributed by atoms with Crippen LogP contribution in [0.5, 0.6) is 0 Å². The molecule has 18 heavy (non-hydrogen) atoms. The molecule has 94 valence electrons. The fourth-order valence-electron chi connectivity index (χ4n) is 1.29. The molecule has 0 saturated carbocycles. The van der Waals surface area contributed by atoms with Crippen LogP contribution in [-0.4, -0.2) is 18.4 Å². The molecule has 0 unspecified atom stereocenters. The molecule has 0 saturated heterocycles. The maximum absolute atomic E-state index is 12.0. The number of rotatable bonds is 3. The lowest BCUT2D eigenvalue weighted by molar-refractivity contribution is 0.601. The molecule has 0 aliphatic carbocycles. The smallest absolute Gasteiger partial charge is 0.266 e. The molecule has 0 spiro atoms. The van der Waals surface area contributed by atoms with Gasteiger partial charge >= 0.3 is 0 Å². The number of para-hydroxylation sites is 1. The zero-order chi connectivity index (χ0) is 13.2. The maximum atomic E-state index is 12.0. The predicted molar refractivity (Wildman–Crippen MR) is 68.1 cm³/mol. The van der Waals surface area contributed by atoms with Gasteiger partial charge in [-0.2, -0.15) is 0 Å². The zero-order valence-corrected chi connectivity index (χ0v) is 10.1. The molecule has 0 amide bonds. The third kappa shape index (κ3) is 2.48. The van der Waals surface area contributed by atoms with E-state index in [1.54, 1.807) is 12.1 Å². The van der Waals surface area contributed by atoms with Crippen molar-refractivity contribution in [3.8, 4) is 0 Å². The van der Waals surface area contributed by atoms with Gasteiger partial charge in [-0.05, 0) is 12.1 Å². The SMILES string of the molecule is Nc1cnc(NS(=O)(=O)c2ccccc2N)nc1. The van der Waals surface area contributed by atoms with Crippen LogP contribution in [0, 0.1) is 0 Å². The summed E-state index contributed by atoms with van der Waals surface area (Å²) in [5.41, 5.74) is 11.5. The van der Waals surface area contributed by atoms with E-state index in [2.05, 4.69) is 14.7 Å². The van der Waals surface area contributed by atoms with Crippen molar-refractivity contribution in [1.82, 2.24) is 9.97 Å². The van der Waals surface area contributed by atoms with Crippen LogP contribution >= 0.6 is 0 Å². The standard InChI is InChI=1S/C10H11N5O2S/c11-7-5-13-10(14-6-7)15-18(16,17)9-4-2-1-3-8(9)12/h1-6H,11-12H2,(H,13,14,15). The largest absolute Gasteiger partial charge is 0.398 e. The van der Waals surface area contributed by atoms with Crippen molar-refractivity contribution in [1.29, 1.82) is 0 Å². The van der Waals surface area contributed by atoms with Crippen LogP contribution in [-0.2, 0) is 10.0 Å². The van der Waals surface area contributed by atoms with Crippen molar-refractivity contribution < 1.29 is 8.42 Å². The topological polar surface area (TPSA) is 124 Å². The van der Waals surface area contributed by atoms with Crippen molar-refractivity contribution in [3.63, 3.8) is 0 Å². The Morgan fingerprint density at radius 1 is 1.06 bits per heavy atom. The lowest BCUT2D eigenvalue weighted by Crippen LogP contribution is -2.16. The molecular formula is C10H11N5O2S. The Kier molecular flexibility index (Phi) is 3.02. The number of sulfonamides is 1. The van der Waals surface area contributed by atoms with Crippen LogP contribution in [0.1, 0.15) is 0 Å². The first-order valence-corrected chi connectivity index (χ1v) is 6.42. The molecule has 0 bridgehead atoms. The number of nitrogens with zero attached hydrogens (tertiary/aromatic N) is 2. The van der Waals surface area contributed by atoms with Crippen LogP contribution in [0.15, 0.2) is 41.6 Å². The molecule has 8 heteroatoms. The van der Waals surface area contributed by atoms with Crippen molar-refractivity contribution in [2.75, 3.05) is 16.2 Å². The van der Waals surface area contributed by atoms with E-state index in [1.807, 2.05) is 0 Å². The zero-order valence-electron chi connectivity index (χ0n) is 9.24. The highest BCUT2D eigenvalue weighted by atomic mass is 32.2. The second-order valence-electron chi connectivity index (χ2n) is 3.48. The number of hydrogen-bond donors (Lipinski definition) is 3. The summed E-state index contributed by atoms with van der Waals surface area (Å²) in [6, 6.07) is 6.12. The van der Waals surface area contributed by atoms with E-state index in [-0.39, 0.29) is 16.5 Å². The van der Waals surface area contributed by atoms with E-state index in [0.717, 1.165) is 0 Å². The van der Waals surface area contributed by atoms with Crippen LogP contribution in [0.2, 0.25) is 0 Å². The summed E-state index contributed by atoms with van der Waals surface area (Å²) < 4.78 is 26.2. The highest BCUT2D eigenvalue weighted by molar-refractivity contribution is 7.92. The van der Waals surface area contributed by atoms with Crippen LogP contribution in [0.3, 0.4) is 0 Å². The summed E-state index contributed by atoms with van der Waals surface area (Å²) in [5.74, 6) is -0.0625. The minimum atomic E-state index is -3.80. The molecule has 0 aliphatic rings.